The minimum absolute atomic E-state index is 0. The number of piperidine rings is 1. The fourth-order valence-corrected chi connectivity index (χ4v) is 5.70. The lowest BCUT2D eigenvalue weighted by atomic mass is 9.59. The van der Waals surface area contributed by atoms with Crippen molar-refractivity contribution in [2.24, 2.45) is 5.92 Å². The Hall–Kier alpha value is -1.88. The van der Waals surface area contributed by atoms with Crippen molar-refractivity contribution in [1.29, 1.82) is 0 Å². The molecule has 2 aromatic rings. The van der Waals surface area contributed by atoms with E-state index in [1.807, 2.05) is 0 Å². The van der Waals surface area contributed by atoms with Crippen LogP contribution in [0.2, 0.25) is 0 Å². The third-order valence-electron chi connectivity index (χ3n) is 7.16. The summed E-state index contributed by atoms with van der Waals surface area (Å²) in [6.07, 6.45) is 2.57. The van der Waals surface area contributed by atoms with Crippen LogP contribution < -0.4 is 10.6 Å². The molecule has 2 aromatic carbocycles. The Morgan fingerprint density at radius 2 is 1.59 bits per heavy atom. The second-order valence-electron chi connectivity index (χ2n) is 8.44. The molecule has 1 aliphatic heterocycles. The molecule has 1 atom stereocenters. The van der Waals surface area contributed by atoms with E-state index in [-0.39, 0.29) is 18.3 Å². The first-order valence-corrected chi connectivity index (χ1v) is 10.5. The molecule has 1 heterocycles. The van der Waals surface area contributed by atoms with E-state index in [1.54, 1.807) is 7.11 Å². The van der Waals surface area contributed by atoms with Crippen LogP contribution in [0.4, 0.5) is 0 Å². The highest BCUT2D eigenvalue weighted by molar-refractivity contribution is 5.85. The van der Waals surface area contributed by atoms with Gasteiger partial charge in [-0.05, 0) is 60.5 Å². The summed E-state index contributed by atoms with van der Waals surface area (Å²) >= 11 is 0. The predicted molar refractivity (Wildman–Crippen MR) is 117 cm³/mol. The third kappa shape index (κ3) is 3.27. The van der Waals surface area contributed by atoms with Crippen LogP contribution in [0, 0.1) is 5.92 Å². The molecule has 4 nitrogen and oxygen atoms in total. The number of halogens is 1. The summed E-state index contributed by atoms with van der Waals surface area (Å²) in [5.41, 5.74) is 5.16. The van der Waals surface area contributed by atoms with E-state index in [0.717, 1.165) is 32.4 Å². The van der Waals surface area contributed by atoms with Gasteiger partial charge in [0.25, 0.3) is 5.91 Å². The zero-order valence-corrected chi connectivity index (χ0v) is 17.6. The zero-order valence-electron chi connectivity index (χ0n) is 16.8. The van der Waals surface area contributed by atoms with Gasteiger partial charge >= 0.3 is 0 Å². The van der Waals surface area contributed by atoms with Crippen molar-refractivity contribution in [3.8, 4) is 0 Å². The molecule has 2 N–H and O–H groups in total. The van der Waals surface area contributed by atoms with Gasteiger partial charge in [-0.2, -0.15) is 0 Å². The molecule has 154 valence electrons. The van der Waals surface area contributed by atoms with Crippen LogP contribution in [0.15, 0.2) is 48.5 Å². The van der Waals surface area contributed by atoms with Crippen LogP contribution >= 0.6 is 12.4 Å². The van der Waals surface area contributed by atoms with E-state index < -0.39 is 5.60 Å². The van der Waals surface area contributed by atoms with Gasteiger partial charge in [0, 0.05) is 25.5 Å². The van der Waals surface area contributed by atoms with E-state index in [9.17, 15) is 4.79 Å². The summed E-state index contributed by atoms with van der Waals surface area (Å²) in [6, 6.07) is 17.7. The number of hydrogen-bond acceptors (Lipinski definition) is 3. The van der Waals surface area contributed by atoms with Crippen molar-refractivity contribution >= 4 is 18.3 Å². The summed E-state index contributed by atoms with van der Waals surface area (Å²) in [4.78, 5) is 13.0. The van der Waals surface area contributed by atoms with Gasteiger partial charge < -0.3 is 15.4 Å². The molecule has 3 aliphatic carbocycles. The van der Waals surface area contributed by atoms with Gasteiger partial charge in [-0.25, -0.2) is 0 Å². The molecule has 1 unspecified atom stereocenters. The van der Waals surface area contributed by atoms with Gasteiger partial charge in [-0.1, -0.05) is 48.5 Å². The Morgan fingerprint density at radius 1 is 1.03 bits per heavy atom. The molecule has 0 radical (unpaired) electrons. The summed E-state index contributed by atoms with van der Waals surface area (Å²) in [5, 5.41) is 6.59. The molecule has 4 aliphatic rings. The minimum Gasteiger partial charge on any atom is -0.368 e. The van der Waals surface area contributed by atoms with Crippen molar-refractivity contribution in [3.05, 3.63) is 70.8 Å². The maximum atomic E-state index is 13.0. The third-order valence-corrected chi connectivity index (χ3v) is 7.16. The molecule has 1 fully saturated rings. The molecule has 5 heteroatoms. The molecular weight excluding hydrogens is 384 g/mol. The first kappa shape index (κ1) is 20.4. The number of hydrogen-bond donors (Lipinski definition) is 2. The number of benzene rings is 2. The second kappa shape index (κ2) is 8.10. The first-order chi connectivity index (χ1) is 13.7. The van der Waals surface area contributed by atoms with Crippen LogP contribution in [-0.2, 0) is 9.53 Å². The Labute approximate surface area is 178 Å². The maximum Gasteiger partial charge on any atom is 0.252 e. The molecule has 2 bridgehead atoms. The molecule has 29 heavy (non-hydrogen) atoms. The van der Waals surface area contributed by atoms with Crippen LogP contribution in [-0.4, -0.2) is 38.3 Å². The van der Waals surface area contributed by atoms with E-state index in [4.69, 9.17) is 4.74 Å². The van der Waals surface area contributed by atoms with Crippen molar-refractivity contribution in [1.82, 2.24) is 10.6 Å². The molecule has 1 saturated heterocycles. The van der Waals surface area contributed by atoms with Crippen LogP contribution in [0.5, 0.6) is 0 Å². The lowest BCUT2D eigenvalue weighted by Gasteiger charge is -2.46. The average Bonchev–Trinajstić information content (AvgIpc) is 2.78. The van der Waals surface area contributed by atoms with Crippen LogP contribution in [0.1, 0.15) is 53.4 Å². The number of amides is 1. The van der Waals surface area contributed by atoms with Gasteiger partial charge in [-0.3, -0.25) is 4.79 Å². The minimum atomic E-state index is -0.672. The van der Waals surface area contributed by atoms with E-state index in [1.165, 1.54) is 22.3 Å². The fraction of sp³-hybridized carbons (Fsp3) is 0.458. The molecular formula is C24H29ClN2O2. The quantitative estimate of drug-likeness (QED) is 0.806. The number of ether oxygens (including phenoxy) is 1. The van der Waals surface area contributed by atoms with Crippen molar-refractivity contribution in [3.63, 3.8) is 0 Å². The van der Waals surface area contributed by atoms with Crippen molar-refractivity contribution in [2.75, 3.05) is 26.7 Å². The van der Waals surface area contributed by atoms with Gasteiger partial charge in [0.2, 0.25) is 0 Å². The Morgan fingerprint density at radius 3 is 2.14 bits per heavy atom. The Balaban J connectivity index is 0.00000205. The van der Waals surface area contributed by atoms with Crippen molar-refractivity contribution < 1.29 is 9.53 Å². The molecule has 1 amide bonds. The average molecular weight is 413 g/mol. The van der Waals surface area contributed by atoms with Gasteiger partial charge in [0.05, 0.1) is 0 Å². The number of fused-ring (bicyclic) bond motifs is 1. The number of nitrogens with one attached hydrogen (secondary N) is 2. The topological polar surface area (TPSA) is 50.4 Å². The maximum absolute atomic E-state index is 13.0. The van der Waals surface area contributed by atoms with Gasteiger partial charge in [0.15, 0.2) is 0 Å². The van der Waals surface area contributed by atoms with E-state index >= 15 is 0 Å². The molecule has 6 rings (SSSR count). The Kier molecular flexibility index (Phi) is 5.69. The summed E-state index contributed by atoms with van der Waals surface area (Å²) < 4.78 is 5.70. The lowest BCUT2D eigenvalue weighted by Crippen LogP contribution is -2.55. The lowest BCUT2D eigenvalue weighted by molar-refractivity contribution is -0.146. The predicted octanol–water partition coefficient (Wildman–Crippen LogP) is 3.59. The number of rotatable bonds is 4. The fourth-order valence-electron chi connectivity index (χ4n) is 5.70. The number of methoxy groups -OCH3 is 1. The highest BCUT2D eigenvalue weighted by Gasteiger charge is 2.44. The smallest absolute Gasteiger partial charge is 0.252 e. The normalized spacial score (nSPS) is 26.0. The highest BCUT2D eigenvalue weighted by atomic mass is 35.5. The van der Waals surface area contributed by atoms with E-state index in [0.29, 0.717) is 24.3 Å². The standard InChI is InChI=1S/C24H28N2O2.ClH/c1-28-24(10-12-25-13-11-24)23(27)26-15-16-14-21-17-6-2-4-8-19(17)22(16)20-9-5-3-7-18(20)21;/h2-9,16,21-22,25H,10-15H2,1H3,(H,26,27);1H. The Bertz CT molecular complexity index is 846. The molecule has 0 saturated carbocycles. The first-order valence-electron chi connectivity index (χ1n) is 10.5. The summed E-state index contributed by atoms with van der Waals surface area (Å²) in [5.74, 6) is 1.28. The highest BCUT2D eigenvalue weighted by Crippen LogP contribution is 2.55. The van der Waals surface area contributed by atoms with E-state index in [2.05, 4.69) is 59.2 Å². The molecule has 0 aromatic heterocycles. The molecule has 0 spiro atoms. The summed E-state index contributed by atoms with van der Waals surface area (Å²) in [7, 11) is 1.67. The zero-order chi connectivity index (χ0) is 19.1. The van der Waals surface area contributed by atoms with Crippen molar-refractivity contribution in [2.45, 2.75) is 36.7 Å². The summed E-state index contributed by atoms with van der Waals surface area (Å²) in [6.45, 7) is 2.37. The SMILES string of the molecule is COC1(C(=O)NCC2CC3c4ccccc4C2c2ccccc23)CCNCC1.Cl. The van der Waals surface area contributed by atoms with Crippen LogP contribution in [0.25, 0.3) is 0 Å². The van der Waals surface area contributed by atoms with Gasteiger partial charge in [-0.15, -0.1) is 12.4 Å². The number of carbonyl (C=O) groups is 1. The second-order valence-corrected chi connectivity index (χ2v) is 8.44. The largest absolute Gasteiger partial charge is 0.368 e. The number of carbonyl (C=O) groups excluding carboxylic acids is 1. The monoisotopic (exact) mass is 412 g/mol. The van der Waals surface area contributed by atoms with Gasteiger partial charge in [0.1, 0.15) is 5.60 Å². The van der Waals surface area contributed by atoms with Crippen LogP contribution in [0.3, 0.4) is 0 Å².